The van der Waals surface area contributed by atoms with Crippen LogP contribution < -0.4 is 5.32 Å². The van der Waals surface area contributed by atoms with Gasteiger partial charge in [0.05, 0.1) is 18.9 Å². The number of nitrogens with one attached hydrogen (secondary N) is 1. The van der Waals surface area contributed by atoms with Gasteiger partial charge in [-0.25, -0.2) is 9.18 Å². The number of amides is 2. The molecule has 3 aromatic rings. The van der Waals surface area contributed by atoms with Crippen LogP contribution in [-0.4, -0.2) is 54.6 Å². The van der Waals surface area contributed by atoms with Gasteiger partial charge >= 0.3 is 6.09 Å². The minimum absolute atomic E-state index is 0.211. The molecule has 0 aliphatic carbocycles. The van der Waals surface area contributed by atoms with Gasteiger partial charge in [-0.2, -0.15) is 0 Å². The van der Waals surface area contributed by atoms with Gasteiger partial charge in [0.2, 0.25) is 0 Å². The number of thiophene rings is 1. The van der Waals surface area contributed by atoms with Crippen LogP contribution in [0.15, 0.2) is 53.1 Å². The van der Waals surface area contributed by atoms with Crippen molar-refractivity contribution >= 4 is 28.3 Å². The smallest absolute Gasteiger partial charge is 0.409 e. The number of benzene rings is 1. The number of carbonyl (C=O) groups excluding carboxylic acids is 2. The molecule has 1 saturated heterocycles. The minimum atomic E-state index is -0.422. The molecule has 0 spiro atoms. The molecular formula is C25H28FN3O4S. The van der Waals surface area contributed by atoms with E-state index in [0.29, 0.717) is 43.4 Å². The topological polar surface area (TPSA) is 75.0 Å². The molecule has 0 bridgehead atoms. The number of rotatable bonds is 7. The van der Waals surface area contributed by atoms with E-state index in [4.69, 9.17) is 9.15 Å². The normalized spacial score (nSPS) is 15.2. The lowest BCUT2D eigenvalue weighted by atomic mass is 9.96. The van der Waals surface area contributed by atoms with Crippen LogP contribution >= 0.6 is 11.3 Å². The standard InChI is InChI=1S/C25H28FN3O4S/c1-3-17-16-19(24(34-17)27-23(30)21-10-7-15-33-21)22(18-8-5-6-9-20(18)26)28-11-13-29(14-12-28)25(31)32-4-2/h5-10,15-16,22H,3-4,11-14H2,1-2H3,(H,27,30)/t22-/m0/s1. The second kappa shape index (κ2) is 10.8. The molecule has 0 unspecified atom stereocenters. The third-order valence-electron chi connectivity index (χ3n) is 5.83. The van der Waals surface area contributed by atoms with E-state index < -0.39 is 6.04 Å². The quantitative estimate of drug-likeness (QED) is 0.500. The summed E-state index contributed by atoms with van der Waals surface area (Å²) in [7, 11) is 0. The van der Waals surface area contributed by atoms with Gasteiger partial charge < -0.3 is 19.4 Å². The first-order valence-electron chi connectivity index (χ1n) is 11.4. The molecule has 1 aliphatic rings. The van der Waals surface area contributed by atoms with E-state index in [2.05, 4.69) is 10.2 Å². The summed E-state index contributed by atoms with van der Waals surface area (Å²) in [5.74, 6) is -0.453. The fourth-order valence-corrected chi connectivity index (χ4v) is 5.17. The number of nitrogens with zero attached hydrogens (tertiary/aromatic N) is 2. The maximum Gasteiger partial charge on any atom is 0.409 e. The summed E-state index contributed by atoms with van der Waals surface area (Å²) in [6.07, 6.45) is 1.90. The van der Waals surface area contributed by atoms with Crippen molar-refractivity contribution in [1.29, 1.82) is 0 Å². The summed E-state index contributed by atoms with van der Waals surface area (Å²) in [6, 6.07) is 11.6. The van der Waals surface area contributed by atoms with Crippen molar-refractivity contribution in [2.24, 2.45) is 0 Å². The van der Waals surface area contributed by atoms with Crippen molar-refractivity contribution in [2.75, 3.05) is 38.1 Å². The number of anilines is 1. The van der Waals surface area contributed by atoms with Gasteiger partial charge in [0.15, 0.2) is 5.76 Å². The average molecular weight is 486 g/mol. The zero-order chi connectivity index (χ0) is 24.1. The lowest BCUT2D eigenvalue weighted by molar-refractivity contribution is 0.0711. The molecular weight excluding hydrogens is 457 g/mol. The van der Waals surface area contributed by atoms with E-state index in [-0.39, 0.29) is 23.6 Å². The highest BCUT2D eigenvalue weighted by molar-refractivity contribution is 7.16. The van der Waals surface area contributed by atoms with Crippen LogP contribution in [0.5, 0.6) is 0 Å². The molecule has 34 heavy (non-hydrogen) atoms. The van der Waals surface area contributed by atoms with Crippen LogP contribution in [-0.2, 0) is 11.2 Å². The van der Waals surface area contributed by atoms with Gasteiger partial charge in [-0.15, -0.1) is 11.3 Å². The Labute approximate surface area is 202 Å². The lowest BCUT2D eigenvalue weighted by Crippen LogP contribution is -2.50. The van der Waals surface area contributed by atoms with Gasteiger partial charge in [0.25, 0.3) is 5.91 Å². The van der Waals surface area contributed by atoms with Crippen molar-refractivity contribution in [3.63, 3.8) is 0 Å². The number of furan rings is 1. The van der Waals surface area contributed by atoms with Crippen molar-refractivity contribution in [3.8, 4) is 0 Å². The van der Waals surface area contributed by atoms with Crippen molar-refractivity contribution in [3.05, 3.63) is 76.3 Å². The number of ether oxygens (including phenoxy) is 1. The van der Waals surface area contributed by atoms with Gasteiger partial charge in [0.1, 0.15) is 10.8 Å². The first kappa shape index (κ1) is 24.0. The Bertz CT molecular complexity index is 1120. The lowest BCUT2D eigenvalue weighted by Gasteiger charge is -2.39. The highest BCUT2D eigenvalue weighted by Gasteiger charge is 2.33. The zero-order valence-corrected chi connectivity index (χ0v) is 20.1. The summed E-state index contributed by atoms with van der Waals surface area (Å²) in [5.41, 5.74) is 1.36. The molecule has 1 atom stereocenters. The molecule has 7 nitrogen and oxygen atoms in total. The molecule has 1 aliphatic heterocycles. The second-order valence-corrected chi connectivity index (χ2v) is 9.06. The maximum absolute atomic E-state index is 15.1. The number of aryl methyl sites for hydroxylation is 1. The maximum atomic E-state index is 15.1. The first-order valence-corrected chi connectivity index (χ1v) is 12.2. The Morgan fingerprint density at radius 3 is 2.53 bits per heavy atom. The van der Waals surface area contributed by atoms with Crippen molar-refractivity contribution in [1.82, 2.24) is 9.80 Å². The molecule has 2 aromatic heterocycles. The Kier molecular flexibility index (Phi) is 7.64. The summed E-state index contributed by atoms with van der Waals surface area (Å²) in [4.78, 5) is 29.8. The van der Waals surface area contributed by atoms with E-state index in [0.717, 1.165) is 16.9 Å². The van der Waals surface area contributed by atoms with Gasteiger partial charge in [-0.3, -0.25) is 9.69 Å². The highest BCUT2D eigenvalue weighted by Crippen LogP contribution is 2.40. The SMILES string of the molecule is CCOC(=O)N1CCN([C@@H](c2ccccc2F)c2cc(CC)sc2NC(=O)c2ccco2)CC1. The number of hydrogen-bond acceptors (Lipinski definition) is 6. The van der Waals surface area contributed by atoms with E-state index in [9.17, 15) is 9.59 Å². The monoisotopic (exact) mass is 485 g/mol. The fraction of sp³-hybridized carbons (Fsp3) is 0.360. The number of carbonyl (C=O) groups is 2. The summed E-state index contributed by atoms with van der Waals surface area (Å²) >= 11 is 1.48. The molecule has 9 heteroatoms. The van der Waals surface area contributed by atoms with E-state index >= 15 is 4.39 Å². The number of hydrogen-bond donors (Lipinski definition) is 1. The Morgan fingerprint density at radius 1 is 1.12 bits per heavy atom. The predicted octanol–water partition coefficient (Wildman–Crippen LogP) is 5.16. The van der Waals surface area contributed by atoms with E-state index in [1.165, 1.54) is 23.7 Å². The Balaban J connectivity index is 1.68. The molecule has 1 N–H and O–H groups in total. The Morgan fingerprint density at radius 2 is 1.88 bits per heavy atom. The van der Waals surface area contributed by atoms with Gasteiger partial charge in [-0.1, -0.05) is 25.1 Å². The second-order valence-electron chi connectivity index (χ2n) is 7.93. The summed E-state index contributed by atoms with van der Waals surface area (Å²) < 4.78 is 25.5. The average Bonchev–Trinajstić information content (AvgIpc) is 3.52. The van der Waals surface area contributed by atoms with Gasteiger partial charge in [0, 0.05) is 42.2 Å². The van der Waals surface area contributed by atoms with E-state index in [1.807, 2.05) is 19.1 Å². The number of halogens is 1. The molecule has 0 radical (unpaired) electrons. The van der Waals surface area contributed by atoms with Crippen LogP contribution in [0.4, 0.5) is 14.2 Å². The highest BCUT2D eigenvalue weighted by atomic mass is 32.1. The molecule has 3 heterocycles. The minimum Gasteiger partial charge on any atom is -0.459 e. The summed E-state index contributed by atoms with van der Waals surface area (Å²) in [6.45, 7) is 6.18. The van der Waals surface area contributed by atoms with Gasteiger partial charge in [-0.05, 0) is 37.6 Å². The third kappa shape index (κ3) is 5.15. The fourth-order valence-electron chi connectivity index (χ4n) is 4.14. The van der Waals surface area contributed by atoms with Crippen LogP contribution in [0.3, 0.4) is 0 Å². The predicted molar refractivity (Wildman–Crippen MR) is 129 cm³/mol. The third-order valence-corrected chi connectivity index (χ3v) is 7.04. The Hall–Kier alpha value is -3.17. The van der Waals surface area contributed by atoms with Crippen molar-refractivity contribution in [2.45, 2.75) is 26.3 Å². The number of piperazine rings is 1. The summed E-state index contributed by atoms with van der Waals surface area (Å²) in [5, 5.41) is 3.64. The molecule has 180 valence electrons. The molecule has 4 rings (SSSR count). The van der Waals surface area contributed by atoms with Crippen LogP contribution in [0.1, 0.15) is 46.4 Å². The largest absolute Gasteiger partial charge is 0.459 e. The molecule has 1 fully saturated rings. The first-order chi connectivity index (χ1) is 16.5. The molecule has 1 aromatic carbocycles. The van der Waals surface area contributed by atoms with E-state index in [1.54, 1.807) is 36.1 Å². The van der Waals surface area contributed by atoms with Crippen LogP contribution in [0.25, 0.3) is 0 Å². The molecule has 0 saturated carbocycles. The van der Waals surface area contributed by atoms with Crippen LogP contribution in [0.2, 0.25) is 0 Å². The molecule has 2 amide bonds. The van der Waals surface area contributed by atoms with Crippen LogP contribution in [0, 0.1) is 5.82 Å². The van der Waals surface area contributed by atoms with Crippen molar-refractivity contribution < 1.29 is 23.1 Å². The zero-order valence-electron chi connectivity index (χ0n) is 19.3.